The second kappa shape index (κ2) is 8.29. The Morgan fingerprint density at radius 2 is 1.67 bits per heavy atom. The van der Waals surface area contributed by atoms with Gasteiger partial charge in [-0.2, -0.15) is 0 Å². The van der Waals surface area contributed by atoms with E-state index in [9.17, 15) is 13.6 Å². The number of methoxy groups -OCH3 is 2. The third kappa shape index (κ3) is 4.68. The van der Waals surface area contributed by atoms with Gasteiger partial charge in [0.1, 0.15) is 0 Å². The van der Waals surface area contributed by atoms with Crippen molar-refractivity contribution in [2.45, 2.75) is 12.8 Å². The predicted molar refractivity (Wildman–Crippen MR) is 86.3 cm³/mol. The Labute approximate surface area is 139 Å². The fourth-order valence-corrected chi connectivity index (χ4v) is 2.28. The molecule has 0 aliphatic heterocycles. The number of halogens is 2. The van der Waals surface area contributed by atoms with Crippen LogP contribution < -0.4 is 14.8 Å². The highest BCUT2D eigenvalue weighted by Crippen LogP contribution is 2.27. The van der Waals surface area contributed by atoms with Gasteiger partial charge in [0, 0.05) is 6.54 Å². The van der Waals surface area contributed by atoms with Crippen LogP contribution in [0.2, 0.25) is 0 Å². The van der Waals surface area contributed by atoms with Crippen LogP contribution in [0.5, 0.6) is 11.5 Å². The van der Waals surface area contributed by atoms with Crippen molar-refractivity contribution in [3.8, 4) is 11.5 Å². The number of ether oxygens (including phenoxy) is 2. The summed E-state index contributed by atoms with van der Waals surface area (Å²) in [6.07, 6.45) is 0.618. The Kier molecular flexibility index (Phi) is 6.12. The third-order valence-corrected chi connectivity index (χ3v) is 3.53. The van der Waals surface area contributed by atoms with E-state index >= 15 is 0 Å². The summed E-state index contributed by atoms with van der Waals surface area (Å²) in [5.41, 5.74) is 1.42. The second-order valence-corrected chi connectivity index (χ2v) is 5.21. The van der Waals surface area contributed by atoms with Crippen molar-refractivity contribution in [3.05, 3.63) is 59.2 Å². The van der Waals surface area contributed by atoms with Gasteiger partial charge >= 0.3 is 0 Å². The van der Waals surface area contributed by atoms with Gasteiger partial charge in [-0.1, -0.05) is 12.1 Å². The average molecular weight is 335 g/mol. The van der Waals surface area contributed by atoms with Crippen LogP contribution in [0.4, 0.5) is 8.78 Å². The molecular weight excluding hydrogens is 316 g/mol. The maximum absolute atomic E-state index is 13.1. The minimum Gasteiger partial charge on any atom is -0.493 e. The smallest absolute Gasteiger partial charge is 0.224 e. The van der Waals surface area contributed by atoms with Crippen LogP contribution in [0, 0.1) is 11.6 Å². The minimum atomic E-state index is -0.953. The topological polar surface area (TPSA) is 47.6 Å². The summed E-state index contributed by atoms with van der Waals surface area (Å²) in [7, 11) is 3.13. The molecule has 4 nitrogen and oxygen atoms in total. The largest absolute Gasteiger partial charge is 0.493 e. The lowest BCUT2D eigenvalue weighted by atomic mass is 10.1. The van der Waals surface area contributed by atoms with E-state index in [1.807, 2.05) is 12.1 Å². The number of carbonyl (C=O) groups excluding carboxylic acids is 1. The molecule has 24 heavy (non-hydrogen) atoms. The lowest BCUT2D eigenvalue weighted by molar-refractivity contribution is -0.120. The number of benzene rings is 2. The van der Waals surface area contributed by atoms with Crippen molar-refractivity contribution in [2.24, 2.45) is 0 Å². The highest BCUT2D eigenvalue weighted by atomic mass is 19.2. The molecule has 0 aliphatic carbocycles. The summed E-state index contributed by atoms with van der Waals surface area (Å²) in [6, 6.07) is 8.98. The van der Waals surface area contributed by atoms with Gasteiger partial charge in [-0.3, -0.25) is 4.79 Å². The van der Waals surface area contributed by atoms with Gasteiger partial charge in [0.15, 0.2) is 23.1 Å². The van der Waals surface area contributed by atoms with E-state index in [-0.39, 0.29) is 12.3 Å². The first-order valence-corrected chi connectivity index (χ1v) is 7.45. The number of carbonyl (C=O) groups is 1. The first kappa shape index (κ1) is 17.7. The van der Waals surface area contributed by atoms with E-state index < -0.39 is 11.6 Å². The van der Waals surface area contributed by atoms with Gasteiger partial charge < -0.3 is 14.8 Å². The molecule has 6 heteroatoms. The molecule has 0 radical (unpaired) electrons. The van der Waals surface area contributed by atoms with Crippen molar-refractivity contribution in [1.82, 2.24) is 5.32 Å². The van der Waals surface area contributed by atoms with Crippen molar-refractivity contribution < 1.29 is 23.0 Å². The molecule has 0 spiro atoms. The van der Waals surface area contributed by atoms with Crippen LogP contribution in [-0.4, -0.2) is 26.7 Å². The molecule has 0 heterocycles. The van der Waals surface area contributed by atoms with Gasteiger partial charge in [-0.25, -0.2) is 8.78 Å². The van der Waals surface area contributed by atoms with Crippen LogP contribution >= 0.6 is 0 Å². The summed E-state index contributed by atoms with van der Waals surface area (Å²) in [5, 5.41) is 2.75. The first-order chi connectivity index (χ1) is 11.5. The maximum Gasteiger partial charge on any atom is 0.224 e. The van der Waals surface area contributed by atoms with Crippen molar-refractivity contribution in [2.75, 3.05) is 20.8 Å². The molecule has 0 atom stereocenters. The van der Waals surface area contributed by atoms with Gasteiger partial charge in [-0.15, -0.1) is 0 Å². The Balaban J connectivity index is 1.85. The fraction of sp³-hybridized carbons (Fsp3) is 0.278. The van der Waals surface area contributed by atoms with Crippen LogP contribution in [0.3, 0.4) is 0 Å². The molecule has 1 amide bonds. The van der Waals surface area contributed by atoms with E-state index in [1.165, 1.54) is 6.07 Å². The molecule has 0 unspecified atom stereocenters. The quantitative estimate of drug-likeness (QED) is 0.846. The monoisotopic (exact) mass is 335 g/mol. The number of hydrogen-bond donors (Lipinski definition) is 1. The predicted octanol–water partition coefficient (Wildman–Crippen LogP) is 2.88. The number of nitrogens with one attached hydrogen (secondary N) is 1. The van der Waals surface area contributed by atoms with Crippen LogP contribution in [0.15, 0.2) is 36.4 Å². The summed E-state index contributed by atoms with van der Waals surface area (Å²) in [6.45, 7) is 0.429. The number of rotatable bonds is 7. The van der Waals surface area contributed by atoms with Crippen LogP contribution in [-0.2, 0) is 17.6 Å². The molecule has 0 bridgehead atoms. The van der Waals surface area contributed by atoms with Crippen LogP contribution in [0.1, 0.15) is 11.1 Å². The Hall–Kier alpha value is -2.63. The zero-order valence-corrected chi connectivity index (χ0v) is 13.6. The van der Waals surface area contributed by atoms with Crippen molar-refractivity contribution in [3.63, 3.8) is 0 Å². The van der Waals surface area contributed by atoms with E-state index in [4.69, 9.17) is 9.47 Å². The lowest BCUT2D eigenvalue weighted by Crippen LogP contribution is -2.27. The molecule has 1 N–H and O–H groups in total. The molecule has 2 aromatic rings. The summed E-state index contributed by atoms with van der Waals surface area (Å²) in [5.74, 6) is -0.855. The zero-order valence-electron chi connectivity index (χ0n) is 13.6. The molecule has 128 valence electrons. The lowest BCUT2D eigenvalue weighted by Gasteiger charge is -2.10. The van der Waals surface area contributed by atoms with Crippen LogP contribution in [0.25, 0.3) is 0 Å². The number of amides is 1. The highest BCUT2D eigenvalue weighted by Gasteiger charge is 2.08. The van der Waals surface area contributed by atoms with Crippen molar-refractivity contribution in [1.29, 1.82) is 0 Å². The molecule has 0 saturated heterocycles. The molecule has 0 aromatic heterocycles. The van der Waals surface area contributed by atoms with E-state index in [0.717, 1.165) is 17.7 Å². The summed E-state index contributed by atoms with van der Waals surface area (Å²) < 4.78 is 36.3. The first-order valence-electron chi connectivity index (χ1n) is 7.45. The molecule has 0 fully saturated rings. The third-order valence-electron chi connectivity index (χ3n) is 3.53. The second-order valence-electron chi connectivity index (χ2n) is 5.21. The highest BCUT2D eigenvalue weighted by molar-refractivity contribution is 5.78. The van der Waals surface area contributed by atoms with E-state index in [2.05, 4.69) is 5.32 Å². The normalized spacial score (nSPS) is 10.3. The molecule has 2 aromatic carbocycles. The summed E-state index contributed by atoms with van der Waals surface area (Å²) >= 11 is 0. The van der Waals surface area contributed by atoms with Crippen molar-refractivity contribution >= 4 is 5.91 Å². The molecule has 2 rings (SSSR count). The van der Waals surface area contributed by atoms with E-state index in [1.54, 1.807) is 20.3 Å². The maximum atomic E-state index is 13.1. The summed E-state index contributed by atoms with van der Waals surface area (Å²) in [4.78, 5) is 11.9. The Bertz CT molecular complexity index is 719. The standard InChI is InChI=1S/C18H19F2NO3/c1-23-16-6-4-12(10-17(16)24-2)7-8-21-18(22)11-13-3-5-14(19)15(20)9-13/h3-6,9-10H,7-8,11H2,1-2H3,(H,21,22). The van der Waals surface area contributed by atoms with Gasteiger partial charge in [0.05, 0.1) is 20.6 Å². The SMILES string of the molecule is COc1ccc(CCNC(=O)Cc2ccc(F)c(F)c2)cc1OC. The fourth-order valence-electron chi connectivity index (χ4n) is 2.28. The van der Waals surface area contributed by atoms with Gasteiger partial charge in [0.25, 0.3) is 0 Å². The van der Waals surface area contributed by atoms with Gasteiger partial charge in [0.2, 0.25) is 5.91 Å². The van der Waals surface area contributed by atoms with E-state index in [0.29, 0.717) is 30.0 Å². The zero-order chi connectivity index (χ0) is 17.5. The Morgan fingerprint density at radius 3 is 2.33 bits per heavy atom. The molecule has 0 saturated carbocycles. The number of hydrogen-bond acceptors (Lipinski definition) is 3. The molecule has 0 aliphatic rings. The molecular formula is C18H19F2NO3. The Morgan fingerprint density at radius 1 is 0.958 bits per heavy atom. The van der Waals surface area contributed by atoms with Gasteiger partial charge in [-0.05, 0) is 41.8 Å². The minimum absolute atomic E-state index is 0.00311. The average Bonchev–Trinajstić information content (AvgIpc) is 2.58.